The molecule has 0 aromatic carbocycles. The number of amides is 1. The molecule has 0 saturated carbocycles. The lowest BCUT2D eigenvalue weighted by Gasteiger charge is -2.15. The van der Waals surface area contributed by atoms with Crippen LogP contribution < -0.4 is 10.6 Å². The van der Waals surface area contributed by atoms with Crippen LogP contribution in [0.4, 0.5) is 0 Å². The van der Waals surface area contributed by atoms with Crippen molar-refractivity contribution in [2.45, 2.75) is 38.8 Å². The Kier molecular flexibility index (Phi) is 6.01. The molecule has 1 aromatic rings. The van der Waals surface area contributed by atoms with Crippen molar-refractivity contribution in [3.63, 3.8) is 0 Å². The monoisotopic (exact) mass is 268 g/mol. The van der Waals surface area contributed by atoms with Gasteiger partial charge in [-0.05, 0) is 13.3 Å². The Morgan fingerprint density at radius 3 is 2.79 bits per heavy atom. The first-order valence-corrected chi connectivity index (χ1v) is 6.25. The number of imidazole rings is 1. The first kappa shape index (κ1) is 15.2. The standard InChI is InChI=1S/C12H20N4O3/c1-3-8(2)14-6-11(17)16-10(12(18)19)4-9-5-13-7-15-9/h5,7-8,10,14H,3-4,6H2,1-2H3,(H,13,15)(H,16,17)(H,18,19)/t8?,10-/m0/s1. The van der Waals surface area contributed by atoms with Crippen molar-refractivity contribution in [3.8, 4) is 0 Å². The van der Waals surface area contributed by atoms with Crippen LogP contribution in [0.15, 0.2) is 12.5 Å². The van der Waals surface area contributed by atoms with Gasteiger partial charge in [-0.2, -0.15) is 0 Å². The van der Waals surface area contributed by atoms with E-state index in [4.69, 9.17) is 5.11 Å². The molecule has 0 aliphatic heterocycles. The van der Waals surface area contributed by atoms with Gasteiger partial charge in [-0.1, -0.05) is 6.92 Å². The third-order valence-corrected chi connectivity index (χ3v) is 2.84. The van der Waals surface area contributed by atoms with Gasteiger partial charge < -0.3 is 20.7 Å². The van der Waals surface area contributed by atoms with Crippen LogP contribution in [-0.4, -0.2) is 45.6 Å². The number of carboxylic acid groups (broad SMARTS) is 1. The molecule has 19 heavy (non-hydrogen) atoms. The molecule has 7 heteroatoms. The molecule has 0 fully saturated rings. The number of carbonyl (C=O) groups excluding carboxylic acids is 1. The molecule has 7 nitrogen and oxygen atoms in total. The number of H-pyrrole nitrogens is 1. The molecule has 0 saturated heterocycles. The van der Waals surface area contributed by atoms with Crippen molar-refractivity contribution in [1.82, 2.24) is 20.6 Å². The van der Waals surface area contributed by atoms with Gasteiger partial charge in [0.1, 0.15) is 6.04 Å². The van der Waals surface area contributed by atoms with E-state index in [2.05, 4.69) is 20.6 Å². The van der Waals surface area contributed by atoms with Crippen LogP contribution in [-0.2, 0) is 16.0 Å². The first-order chi connectivity index (χ1) is 9.02. The number of aliphatic carboxylic acids is 1. The molecule has 1 heterocycles. The highest BCUT2D eigenvalue weighted by atomic mass is 16.4. The first-order valence-electron chi connectivity index (χ1n) is 6.25. The average molecular weight is 268 g/mol. The highest BCUT2D eigenvalue weighted by Gasteiger charge is 2.20. The zero-order valence-electron chi connectivity index (χ0n) is 11.1. The Labute approximate surface area is 111 Å². The number of aromatic nitrogens is 2. The highest BCUT2D eigenvalue weighted by molar-refractivity contribution is 5.84. The third kappa shape index (κ3) is 5.52. The lowest BCUT2D eigenvalue weighted by molar-refractivity contribution is -0.141. The summed E-state index contributed by atoms with van der Waals surface area (Å²) in [7, 11) is 0. The van der Waals surface area contributed by atoms with E-state index in [1.165, 1.54) is 6.33 Å². The smallest absolute Gasteiger partial charge is 0.326 e. The predicted octanol–water partition coefficient (Wildman–Crippen LogP) is -0.0903. The van der Waals surface area contributed by atoms with Gasteiger partial charge in [-0.3, -0.25) is 4.79 Å². The maximum absolute atomic E-state index is 11.6. The van der Waals surface area contributed by atoms with E-state index in [1.54, 1.807) is 6.20 Å². The molecular formula is C12H20N4O3. The zero-order valence-corrected chi connectivity index (χ0v) is 11.1. The van der Waals surface area contributed by atoms with Gasteiger partial charge in [-0.15, -0.1) is 0 Å². The number of nitrogens with zero attached hydrogens (tertiary/aromatic N) is 1. The lowest BCUT2D eigenvalue weighted by atomic mass is 10.1. The summed E-state index contributed by atoms with van der Waals surface area (Å²) in [6, 6.07) is -0.728. The quantitative estimate of drug-likeness (QED) is 0.527. The molecule has 106 valence electrons. The van der Waals surface area contributed by atoms with Crippen molar-refractivity contribution in [3.05, 3.63) is 18.2 Å². The van der Waals surface area contributed by atoms with Crippen LogP contribution in [0.1, 0.15) is 26.0 Å². The van der Waals surface area contributed by atoms with Crippen LogP contribution in [0.5, 0.6) is 0 Å². The van der Waals surface area contributed by atoms with Gasteiger partial charge in [0, 0.05) is 24.4 Å². The molecule has 4 N–H and O–H groups in total. The van der Waals surface area contributed by atoms with Crippen molar-refractivity contribution in [1.29, 1.82) is 0 Å². The number of nitrogens with one attached hydrogen (secondary N) is 3. The summed E-state index contributed by atoms with van der Waals surface area (Å²) in [6.45, 7) is 4.09. The molecular weight excluding hydrogens is 248 g/mol. The van der Waals surface area contributed by atoms with Gasteiger partial charge in [-0.25, -0.2) is 9.78 Å². The summed E-state index contributed by atoms with van der Waals surface area (Å²) in [6.07, 6.45) is 4.11. The second kappa shape index (κ2) is 7.52. The SMILES string of the molecule is CCC(C)NCC(=O)N[C@@H](Cc1cnc[nH]1)C(=O)O. The highest BCUT2D eigenvalue weighted by Crippen LogP contribution is 1.98. The number of hydrogen-bond acceptors (Lipinski definition) is 4. The summed E-state index contributed by atoms with van der Waals surface area (Å²) in [5.41, 5.74) is 0.669. The topological polar surface area (TPSA) is 107 Å². The second-order valence-electron chi connectivity index (χ2n) is 4.43. The van der Waals surface area contributed by atoms with E-state index >= 15 is 0 Å². The summed E-state index contributed by atoms with van der Waals surface area (Å²) < 4.78 is 0. The molecule has 2 atom stereocenters. The average Bonchev–Trinajstić information content (AvgIpc) is 2.87. The van der Waals surface area contributed by atoms with E-state index < -0.39 is 12.0 Å². The lowest BCUT2D eigenvalue weighted by Crippen LogP contribution is -2.46. The molecule has 1 amide bonds. The van der Waals surface area contributed by atoms with Crippen molar-refractivity contribution in [2.24, 2.45) is 0 Å². The molecule has 0 bridgehead atoms. The van der Waals surface area contributed by atoms with Crippen LogP contribution in [0, 0.1) is 0 Å². The van der Waals surface area contributed by atoms with Gasteiger partial charge in [0.2, 0.25) is 5.91 Å². The van der Waals surface area contributed by atoms with Crippen LogP contribution in [0.3, 0.4) is 0 Å². The molecule has 0 spiro atoms. The largest absolute Gasteiger partial charge is 0.480 e. The van der Waals surface area contributed by atoms with Crippen molar-refractivity contribution in [2.75, 3.05) is 6.54 Å². The minimum Gasteiger partial charge on any atom is -0.480 e. The Hall–Kier alpha value is -1.89. The minimum absolute atomic E-state index is 0.113. The number of hydrogen-bond donors (Lipinski definition) is 4. The Morgan fingerprint density at radius 2 is 2.26 bits per heavy atom. The zero-order chi connectivity index (χ0) is 14.3. The normalized spacial score (nSPS) is 13.8. The fourth-order valence-electron chi connectivity index (χ4n) is 1.47. The fraction of sp³-hybridized carbons (Fsp3) is 0.583. The molecule has 1 unspecified atom stereocenters. The molecule has 0 radical (unpaired) electrons. The summed E-state index contributed by atoms with van der Waals surface area (Å²) >= 11 is 0. The predicted molar refractivity (Wildman–Crippen MR) is 69.6 cm³/mol. The molecule has 1 rings (SSSR count). The van der Waals surface area contributed by atoms with Gasteiger partial charge in [0.15, 0.2) is 0 Å². The van der Waals surface area contributed by atoms with Crippen molar-refractivity contribution >= 4 is 11.9 Å². The Morgan fingerprint density at radius 1 is 1.53 bits per heavy atom. The van der Waals surface area contributed by atoms with Crippen LogP contribution in [0.25, 0.3) is 0 Å². The third-order valence-electron chi connectivity index (χ3n) is 2.84. The number of rotatable bonds is 8. The fourth-order valence-corrected chi connectivity index (χ4v) is 1.47. The number of carbonyl (C=O) groups is 2. The summed E-state index contributed by atoms with van der Waals surface area (Å²) in [4.78, 5) is 29.4. The molecule has 0 aliphatic rings. The molecule has 1 aromatic heterocycles. The minimum atomic E-state index is -1.06. The van der Waals surface area contributed by atoms with Crippen LogP contribution in [0.2, 0.25) is 0 Å². The number of aromatic amines is 1. The van der Waals surface area contributed by atoms with E-state index in [0.717, 1.165) is 6.42 Å². The summed E-state index contributed by atoms with van der Waals surface area (Å²) in [5.74, 6) is -1.39. The maximum Gasteiger partial charge on any atom is 0.326 e. The summed E-state index contributed by atoms with van der Waals surface area (Å²) in [5, 5.41) is 14.6. The van der Waals surface area contributed by atoms with E-state index in [0.29, 0.717) is 5.69 Å². The van der Waals surface area contributed by atoms with E-state index in [1.807, 2.05) is 13.8 Å². The van der Waals surface area contributed by atoms with Crippen molar-refractivity contribution < 1.29 is 14.7 Å². The molecule has 0 aliphatic carbocycles. The van der Waals surface area contributed by atoms with Gasteiger partial charge in [0.05, 0.1) is 12.9 Å². The maximum atomic E-state index is 11.6. The Balaban J connectivity index is 2.45. The Bertz CT molecular complexity index is 405. The van der Waals surface area contributed by atoms with Gasteiger partial charge in [0.25, 0.3) is 0 Å². The van der Waals surface area contributed by atoms with E-state index in [9.17, 15) is 9.59 Å². The second-order valence-corrected chi connectivity index (χ2v) is 4.43. The van der Waals surface area contributed by atoms with Gasteiger partial charge >= 0.3 is 5.97 Å². The van der Waals surface area contributed by atoms with Crippen LogP contribution >= 0.6 is 0 Å². The number of carboxylic acids is 1. The van der Waals surface area contributed by atoms with E-state index in [-0.39, 0.29) is 24.9 Å².